The fourth-order valence-electron chi connectivity index (χ4n) is 1.94. The van der Waals surface area contributed by atoms with Crippen LogP contribution in [0.15, 0.2) is 24.3 Å². The molecule has 0 spiro atoms. The Balaban J connectivity index is 1.99. The van der Waals surface area contributed by atoms with Gasteiger partial charge in [-0.3, -0.25) is 9.59 Å². The summed E-state index contributed by atoms with van der Waals surface area (Å²) in [7, 11) is 0. The number of benzene rings is 1. The van der Waals surface area contributed by atoms with Gasteiger partial charge in [-0.2, -0.15) is 0 Å². The van der Waals surface area contributed by atoms with Crippen LogP contribution in [0.5, 0.6) is 0 Å². The second-order valence-electron chi connectivity index (χ2n) is 4.50. The van der Waals surface area contributed by atoms with Gasteiger partial charge in [0, 0.05) is 24.1 Å². The second kappa shape index (κ2) is 6.73. The molecule has 2 rings (SSSR count). The second-order valence-corrected chi connectivity index (χ2v) is 4.50. The first-order chi connectivity index (χ1) is 9.69. The Hall–Kier alpha value is -2.32. The minimum atomic E-state index is -0.452. The number of hydrogen-bond acceptors (Lipinski definition) is 3. The molecule has 1 heterocycles. The highest BCUT2D eigenvalue weighted by Crippen LogP contribution is 2.13. The molecule has 0 radical (unpaired) electrons. The lowest BCUT2D eigenvalue weighted by Gasteiger charge is -2.10. The van der Waals surface area contributed by atoms with Crippen molar-refractivity contribution in [2.75, 3.05) is 11.9 Å². The van der Waals surface area contributed by atoms with Gasteiger partial charge in [-0.1, -0.05) is 17.9 Å². The van der Waals surface area contributed by atoms with E-state index in [4.69, 9.17) is 5.11 Å². The minimum absolute atomic E-state index is 0.0325. The van der Waals surface area contributed by atoms with Crippen molar-refractivity contribution >= 4 is 17.5 Å². The normalized spacial score (nSPS) is 17.1. The van der Waals surface area contributed by atoms with E-state index in [0.717, 1.165) is 5.56 Å². The average molecular weight is 272 g/mol. The van der Waals surface area contributed by atoms with Crippen molar-refractivity contribution in [2.24, 2.45) is 0 Å². The first-order valence-corrected chi connectivity index (χ1v) is 6.49. The van der Waals surface area contributed by atoms with E-state index in [-0.39, 0.29) is 18.4 Å². The number of amides is 2. The Labute approximate surface area is 117 Å². The highest BCUT2D eigenvalue weighted by atomic mass is 16.2. The molecular weight excluding hydrogens is 256 g/mol. The van der Waals surface area contributed by atoms with E-state index in [0.29, 0.717) is 24.9 Å². The van der Waals surface area contributed by atoms with Crippen molar-refractivity contribution in [1.29, 1.82) is 0 Å². The van der Waals surface area contributed by atoms with Crippen molar-refractivity contribution in [1.82, 2.24) is 5.32 Å². The molecule has 1 unspecified atom stereocenters. The average Bonchev–Trinajstić information content (AvgIpc) is 2.86. The lowest BCUT2D eigenvalue weighted by molar-refractivity contribution is -0.122. The largest absolute Gasteiger partial charge is 0.395 e. The standard InChI is InChI=1S/C15H16N2O3/c18-9-2-1-4-11-5-3-6-12(10-11)16-15(20)13-7-8-14(19)17-13/h3,5-6,10,13,18H,2,7-9H2,(H,16,20)(H,17,19). The van der Waals surface area contributed by atoms with Gasteiger partial charge in [-0.25, -0.2) is 0 Å². The summed E-state index contributed by atoms with van der Waals surface area (Å²) in [6, 6.07) is 6.71. The number of nitrogens with one attached hydrogen (secondary N) is 2. The van der Waals surface area contributed by atoms with Gasteiger partial charge in [-0.15, -0.1) is 0 Å². The van der Waals surface area contributed by atoms with E-state index < -0.39 is 6.04 Å². The van der Waals surface area contributed by atoms with Gasteiger partial charge in [0.15, 0.2) is 0 Å². The highest BCUT2D eigenvalue weighted by Gasteiger charge is 2.26. The smallest absolute Gasteiger partial charge is 0.246 e. The minimum Gasteiger partial charge on any atom is -0.395 e. The molecule has 0 bridgehead atoms. The predicted octanol–water partition coefficient (Wildman–Crippen LogP) is 0.638. The quantitative estimate of drug-likeness (QED) is 0.706. The van der Waals surface area contributed by atoms with Crippen LogP contribution in [0.1, 0.15) is 24.8 Å². The molecule has 1 fully saturated rings. The maximum Gasteiger partial charge on any atom is 0.246 e. The van der Waals surface area contributed by atoms with E-state index in [2.05, 4.69) is 22.5 Å². The van der Waals surface area contributed by atoms with E-state index in [1.807, 2.05) is 6.07 Å². The van der Waals surface area contributed by atoms with Crippen LogP contribution in [0, 0.1) is 11.8 Å². The highest BCUT2D eigenvalue weighted by molar-refractivity contribution is 5.99. The van der Waals surface area contributed by atoms with Gasteiger partial charge in [0.2, 0.25) is 11.8 Å². The summed E-state index contributed by atoms with van der Waals surface area (Å²) in [5, 5.41) is 14.1. The Morgan fingerprint density at radius 2 is 2.35 bits per heavy atom. The third-order valence-corrected chi connectivity index (χ3v) is 2.91. The van der Waals surface area contributed by atoms with E-state index in [9.17, 15) is 9.59 Å². The Kier molecular flexibility index (Phi) is 4.75. The molecule has 1 saturated heterocycles. The zero-order valence-electron chi connectivity index (χ0n) is 11.0. The molecule has 0 saturated carbocycles. The molecule has 1 aliphatic heterocycles. The number of rotatable bonds is 3. The summed E-state index contributed by atoms with van der Waals surface area (Å²) in [5.41, 5.74) is 1.42. The zero-order chi connectivity index (χ0) is 14.4. The molecule has 1 atom stereocenters. The number of aliphatic hydroxyl groups is 1. The van der Waals surface area contributed by atoms with Crippen molar-refractivity contribution in [2.45, 2.75) is 25.3 Å². The van der Waals surface area contributed by atoms with Crippen LogP contribution in [0.3, 0.4) is 0 Å². The van der Waals surface area contributed by atoms with Crippen molar-refractivity contribution < 1.29 is 14.7 Å². The van der Waals surface area contributed by atoms with Crippen LogP contribution in [0.25, 0.3) is 0 Å². The molecule has 1 aromatic carbocycles. The molecule has 20 heavy (non-hydrogen) atoms. The molecule has 2 amide bonds. The van der Waals surface area contributed by atoms with Crippen LogP contribution < -0.4 is 10.6 Å². The van der Waals surface area contributed by atoms with Crippen molar-refractivity contribution in [3.63, 3.8) is 0 Å². The van der Waals surface area contributed by atoms with Gasteiger partial charge in [0.25, 0.3) is 0 Å². The molecule has 5 heteroatoms. The number of carbonyl (C=O) groups excluding carboxylic acids is 2. The third kappa shape index (κ3) is 3.84. The number of anilines is 1. The van der Waals surface area contributed by atoms with Gasteiger partial charge >= 0.3 is 0 Å². The summed E-state index contributed by atoms with van der Waals surface area (Å²) >= 11 is 0. The fraction of sp³-hybridized carbons (Fsp3) is 0.333. The van der Waals surface area contributed by atoms with Gasteiger partial charge in [0.1, 0.15) is 6.04 Å². The summed E-state index contributed by atoms with van der Waals surface area (Å²) < 4.78 is 0. The molecule has 1 aliphatic rings. The van der Waals surface area contributed by atoms with E-state index >= 15 is 0 Å². The number of hydrogen-bond donors (Lipinski definition) is 3. The maximum atomic E-state index is 11.9. The van der Waals surface area contributed by atoms with Crippen LogP contribution in [-0.2, 0) is 9.59 Å². The molecule has 104 valence electrons. The van der Waals surface area contributed by atoms with Crippen LogP contribution in [0.2, 0.25) is 0 Å². The lowest BCUT2D eigenvalue weighted by atomic mass is 10.1. The summed E-state index contributed by atoms with van der Waals surface area (Å²) in [6.45, 7) is 0.0325. The Morgan fingerprint density at radius 3 is 3.05 bits per heavy atom. The van der Waals surface area contributed by atoms with Crippen molar-refractivity contribution in [3.8, 4) is 11.8 Å². The first kappa shape index (κ1) is 14.1. The van der Waals surface area contributed by atoms with Crippen molar-refractivity contribution in [3.05, 3.63) is 29.8 Å². The van der Waals surface area contributed by atoms with Crippen LogP contribution in [0.4, 0.5) is 5.69 Å². The SMILES string of the molecule is O=C1CCC(C(=O)Nc2cccc(C#CCCO)c2)N1. The van der Waals surface area contributed by atoms with Gasteiger partial charge < -0.3 is 15.7 Å². The number of aliphatic hydroxyl groups excluding tert-OH is 1. The lowest BCUT2D eigenvalue weighted by Crippen LogP contribution is -2.37. The van der Waals surface area contributed by atoms with Gasteiger partial charge in [-0.05, 0) is 24.6 Å². The topological polar surface area (TPSA) is 78.4 Å². The fourth-order valence-corrected chi connectivity index (χ4v) is 1.94. The molecule has 0 aliphatic carbocycles. The maximum absolute atomic E-state index is 11.9. The van der Waals surface area contributed by atoms with E-state index in [1.165, 1.54) is 0 Å². The summed E-state index contributed by atoms with van der Waals surface area (Å²) in [4.78, 5) is 23.0. The third-order valence-electron chi connectivity index (χ3n) is 2.91. The molecule has 5 nitrogen and oxygen atoms in total. The Bertz CT molecular complexity index is 572. The number of carbonyl (C=O) groups is 2. The Morgan fingerprint density at radius 1 is 1.50 bits per heavy atom. The monoisotopic (exact) mass is 272 g/mol. The first-order valence-electron chi connectivity index (χ1n) is 6.49. The molecular formula is C15H16N2O3. The van der Waals surface area contributed by atoms with Crippen LogP contribution in [-0.4, -0.2) is 29.6 Å². The zero-order valence-corrected chi connectivity index (χ0v) is 11.0. The molecule has 3 N–H and O–H groups in total. The summed E-state index contributed by atoms with van der Waals surface area (Å²) in [6.07, 6.45) is 1.34. The van der Waals surface area contributed by atoms with Gasteiger partial charge in [0.05, 0.1) is 6.61 Å². The molecule has 1 aromatic rings. The van der Waals surface area contributed by atoms with E-state index in [1.54, 1.807) is 18.2 Å². The predicted molar refractivity (Wildman–Crippen MR) is 74.8 cm³/mol. The summed E-state index contributed by atoms with van der Waals surface area (Å²) in [5.74, 6) is 5.43. The molecule has 0 aromatic heterocycles. The van der Waals surface area contributed by atoms with Crippen LogP contribution >= 0.6 is 0 Å².